The lowest BCUT2D eigenvalue weighted by molar-refractivity contribution is 0.0994. The molecule has 3 rings (SSSR count). The van der Waals surface area contributed by atoms with Gasteiger partial charge in [0.05, 0.1) is 26.3 Å². The summed E-state index contributed by atoms with van der Waals surface area (Å²) >= 11 is 0. The van der Waals surface area contributed by atoms with Crippen LogP contribution < -0.4 is 14.4 Å². The first-order chi connectivity index (χ1) is 9.74. The van der Waals surface area contributed by atoms with Crippen molar-refractivity contribution in [2.75, 3.05) is 19.1 Å². The molecule has 0 atom stereocenters. The highest BCUT2D eigenvalue weighted by Crippen LogP contribution is 2.34. The van der Waals surface area contributed by atoms with Gasteiger partial charge in [-0.25, -0.2) is 0 Å². The molecule has 4 heteroatoms. The maximum Gasteiger partial charge on any atom is 0.262 e. The molecule has 4 nitrogen and oxygen atoms in total. The van der Waals surface area contributed by atoms with Gasteiger partial charge in [0.25, 0.3) is 5.91 Å². The van der Waals surface area contributed by atoms with Gasteiger partial charge in [-0.3, -0.25) is 4.79 Å². The van der Waals surface area contributed by atoms with E-state index in [2.05, 4.69) is 0 Å². The van der Waals surface area contributed by atoms with E-state index in [4.69, 9.17) is 9.47 Å². The topological polar surface area (TPSA) is 38.8 Å². The number of methoxy groups -OCH3 is 2. The van der Waals surface area contributed by atoms with E-state index in [0.29, 0.717) is 17.9 Å². The predicted octanol–water partition coefficient (Wildman–Crippen LogP) is 2.86. The quantitative estimate of drug-likeness (QED) is 0.860. The van der Waals surface area contributed by atoms with Gasteiger partial charge in [0.2, 0.25) is 0 Å². The highest BCUT2D eigenvalue weighted by molar-refractivity contribution is 6.11. The van der Waals surface area contributed by atoms with Crippen LogP contribution in [-0.2, 0) is 6.54 Å². The van der Waals surface area contributed by atoms with E-state index < -0.39 is 0 Å². The van der Waals surface area contributed by atoms with Gasteiger partial charge in [0.1, 0.15) is 11.5 Å². The van der Waals surface area contributed by atoms with Crippen LogP contribution in [0.5, 0.6) is 11.5 Å². The molecule has 0 saturated heterocycles. The normalized spacial score (nSPS) is 13.3. The van der Waals surface area contributed by atoms with Gasteiger partial charge < -0.3 is 14.4 Å². The number of hydrogen-bond acceptors (Lipinski definition) is 3. The third-order valence-corrected chi connectivity index (χ3v) is 3.50. The Kier molecular flexibility index (Phi) is 3.06. The van der Waals surface area contributed by atoms with Gasteiger partial charge >= 0.3 is 0 Å². The van der Waals surface area contributed by atoms with E-state index in [1.54, 1.807) is 19.1 Å². The third kappa shape index (κ3) is 1.90. The van der Waals surface area contributed by atoms with Crippen LogP contribution in [0.15, 0.2) is 42.5 Å². The number of nitrogens with zero attached hydrogens (tertiary/aromatic N) is 1. The molecule has 2 aromatic carbocycles. The summed E-state index contributed by atoms with van der Waals surface area (Å²) in [6.45, 7) is 0.567. The van der Waals surface area contributed by atoms with Crippen molar-refractivity contribution in [2.24, 2.45) is 0 Å². The number of carbonyl (C=O) groups excluding carboxylic acids is 1. The number of anilines is 1. The first kappa shape index (κ1) is 12.5. The van der Waals surface area contributed by atoms with Crippen molar-refractivity contribution in [3.63, 3.8) is 0 Å². The number of hydrogen-bond donors (Lipinski definition) is 0. The zero-order chi connectivity index (χ0) is 14.1. The van der Waals surface area contributed by atoms with Crippen LogP contribution in [0.1, 0.15) is 15.9 Å². The van der Waals surface area contributed by atoms with Crippen LogP contribution >= 0.6 is 0 Å². The fraction of sp³-hybridized carbons (Fsp3) is 0.188. The Bertz CT molecular complexity index is 649. The zero-order valence-corrected chi connectivity index (χ0v) is 11.4. The lowest BCUT2D eigenvalue weighted by atomic mass is 10.1. The second-order valence-corrected chi connectivity index (χ2v) is 4.58. The minimum absolute atomic E-state index is 0.0254. The Hall–Kier alpha value is -2.49. The summed E-state index contributed by atoms with van der Waals surface area (Å²) in [6, 6.07) is 13.1. The second kappa shape index (κ2) is 4.89. The summed E-state index contributed by atoms with van der Waals surface area (Å²) < 4.78 is 10.4. The number of amides is 1. The summed E-state index contributed by atoms with van der Waals surface area (Å²) in [4.78, 5) is 14.3. The lowest BCUT2D eigenvalue weighted by Gasteiger charge is -2.16. The Morgan fingerprint density at radius 1 is 1.00 bits per heavy atom. The van der Waals surface area contributed by atoms with Gasteiger partial charge in [-0.15, -0.1) is 0 Å². The largest absolute Gasteiger partial charge is 0.497 e. The molecule has 0 saturated carbocycles. The number of rotatable bonds is 3. The molecule has 0 N–H and O–H groups in total. The fourth-order valence-corrected chi connectivity index (χ4v) is 2.47. The van der Waals surface area contributed by atoms with Crippen LogP contribution in [0.2, 0.25) is 0 Å². The molecule has 0 radical (unpaired) electrons. The summed E-state index contributed by atoms with van der Waals surface area (Å²) in [7, 11) is 3.20. The molecule has 102 valence electrons. The molecule has 2 aromatic rings. The molecular formula is C16H15NO3. The highest BCUT2D eigenvalue weighted by Gasteiger charge is 2.31. The molecule has 1 aliphatic rings. The van der Waals surface area contributed by atoms with Crippen LogP contribution in [-0.4, -0.2) is 20.1 Å². The standard InChI is InChI=1S/C16H15NO3/c1-19-13-8-6-12(7-9-13)17-10-11-4-3-5-14(20-2)15(11)16(17)18/h3-9H,10H2,1-2H3. The number of carbonyl (C=O) groups is 1. The van der Waals surface area contributed by atoms with Crippen molar-refractivity contribution in [3.05, 3.63) is 53.6 Å². The van der Waals surface area contributed by atoms with E-state index >= 15 is 0 Å². The first-order valence-corrected chi connectivity index (χ1v) is 6.36. The van der Waals surface area contributed by atoms with Crippen molar-refractivity contribution in [3.8, 4) is 11.5 Å². The SMILES string of the molecule is COc1ccc(N2Cc3cccc(OC)c3C2=O)cc1. The molecule has 0 unspecified atom stereocenters. The number of fused-ring (bicyclic) bond motifs is 1. The van der Waals surface area contributed by atoms with Gasteiger partial charge in [-0.05, 0) is 35.9 Å². The van der Waals surface area contributed by atoms with Gasteiger partial charge in [0, 0.05) is 5.69 Å². The van der Waals surface area contributed by atoms with E-state index in [-0.39, 0.29) is 5.91 Å². The summed E-state index contributed by atoms with van der Waals surface area (Å²) in [5, 5.41) is 0. The van der Waals surface area contributed by atoms with E-state index in [1.165, 1.54) is 0 Å². The Morgan fingerprint density at radius 2 is 1.75 bits per heavy atom. The second-order valence-electron chi connectivity index (χ2n) is 4.58. The monoisotopic (exact) mass is 269 g/mol. The molecule has 1 heterocycles. The molecule has 0 aromatic heterocycles. The predicted molar refractivity (Wildman–Crippen MR) is 76.5 cm³/mol. The fourth-order valence-electron chi connectivity index (χ4n) is 2.47. The summed E-state index contributed by atoms with van der Waals surface area (Å²) in [5.41, 5.74) is 2.50. The molecular weight excluding hydrogens is 254 g/mol. The molecule has 0 spiro atoms. The Morgan fingerprint density at radius 3 is 2.40 bits per heavy atom. The van der Waals surface area contributed by atoms with E-state index in [0.717, 1.165) is 17.0 Å². The molecule has 0 bridgehead atoms. The molecule has 1 aliphatic heterocycles. The molecule has 0 fully saturated rings. The first-order valence-electron chi connectivity index (χ1n) is 6.36. The molecule has 0 aliphatic carbocycles. The van der Waals surface area contributed by atoms with Gasteiger partial charge in [-0.1, -0.05) is 12.1 Å². The minimum Gasteiger partial charge on any atom is -0.497 e. The maximum atomic E-state index is 12.5. The van der Waals surface area contributed by atoms with Crippen molar-refractivity contribution < 1.29 is 14.3 Å². The minimum atomic E-state index is -0.0254. The average Bonchev–Trinajstić information content (AvgIpc) is 2.85. The van der Waals surface area contributed by atoms with Crippen LogP contribution in [0.25, 0.3) is 0 Å². The van der Waals surface area contributed by atoms with E-state index in [1.807, 2.05) is 42.5 Å². The highest BCUT2D eigenvalue weighted by atomic mass is 16.5. The van der Waals surface area contributed by atoms with Crippen molar-refractivity contribution >= 4 is 11.6 Å². The van der Waals surface area contributed by atoms with E-state index in [9.17, 15) is 4.79 Å². The summed E-state index contributed by atoms with van der Waals surface area (Å²) in [5.74, 6) is 1.38. The number of ether oxygens (including phenoxy) is 2. The number of benzene rings is 2. The van der Waals surface area contributed by atoms with Crippen LogP contribution in [0.4, 0.5) is 5.69 Å². The van der Waals surface area contributed by atoms with Crippen molar-refractivity contribution in [1.82, 2.24) is 0 Å². The van der Waals surface area contributed by atoms with Gasteiger partial charge in [-0.2, -0.15) is 0 Å². The molecule has 1 amide bonds. The van der Waals surface area contributed by atoms with Gasteiger partial charge in [0.15, 0.2) is 0 Å². The molecule has 20 heavy (non-hydrogen) atoms. The maximum absolute atomic E-state index is 12.5. The van der Waals surface area contributed by atoms with Crippen molar-refractivity contribution in [2.45, 2.75) is 6.54 Å². The van der Waals surface area contributed by atoms with Crippen LogP contribution in [0.3, 0.4) is 0 Å². The summed E-state index contributed by atoms with van der Waals surface area (Å²) in [6.07, 6.45) is 0. The average molecular weight is 269 g/mol. The Labute approximate surface area is 117 Å². The third-order valence-electron chi connectivity index (χ3n) is 3.50. The smallest absolute Gasteiger partial charge is 0.262 e. The lowest BCUT2D eigenvalue weighted by Crippen LogP contribution is -2.23. The Balaban J connectivity index is 1.97. The van der Waals surface area contributed by atoms with Crippen LogP contribution in [0, 0.1) is 0 Å². The van der Waals surface area contributed by atoms with Crippen molar-refractivity contribution in [1.29, 1.82) is 0 Å². The zero-order valence-electron chi connectivity index (χ0n) is 11.4.